The number of benzene rings is 1. The minimum absolute atomic E-state index is 0.193. The molecule has 8 heteroatoms. The minimum Gasteiger partial charge on any atom is -0.462 e. The van der Waals surface area contributed by atoms with E-state index in [1.54, 1.807) is 19.9 Å². The number of aryl methyl sites for hydroxylation is 1. The van der Waals surface area contributed by atoms with Crippen LogP contribution in [0.3, 0.4) is 0 Å². The van der Waals surface area contributed by atoms with Gasteiger partial charge in [0, 0.05) is 18.5 Å². The number of ether oxygens (including phenoxy) is 1. The molecule has 0 aliphatic heterocycles. The van der Waals surface area contributed by atoms with Crippen LogP contribution in [0.15, 0.2) is 24.3 Å². The van der Waals surface area contributed by atoms with Gasteiger partial charge in [-0.25, -0.2) is 4.79 Å². The Bertz CT molecular complexity index is 863. The summed E-state index contributed by atoms with van der Waals surface area (Å²) in [6.45, 7) is 3.55. The van der Waals surface area contributed by atoms with Crippen LogP contribution >= 0.6 is 22.9 Å². The summed E-state index contributed by atoms with van der Waals surface area (Å²) in [7, 11) is 1.51. The molecule has 0 radical (unpaired) electrons. The van der Waals surface area contributed by atoms with Gasteiger partial charge < -0.3 is 15.4 Å². The first kappa shape index (κ1) is 20.9. The fourth-order valence-corrected chi connectivity index (χ4v) is 3.91. The van der Waals surface area contributed by atoms with E-state index < -0.39 is 5.97 Å². The molecule has 2 aromatic rings. The van der Waals surface area contributed by atoms with Crippen LogP contribution in [-0.2, 0) is 16.0 Å². The summed E-state index contributed by atoms with van der Waals surface area (Å²) >= 11 is 7.16. The average molecular weight is 409 g/mol. The fourth-order valence-electron chi connectivity index (χ4n) is 2.52. The van der Waals surface area contributed by atoms with Crippen LogP contribution in [0.1, 0.15) is 44.5 Å². The average Bonchev–Trinajstić information content (AvgIpc) is 2.96. The quantitative estimate of drug-likeness (QED) is 0.682. The van der Waals surface area contributed by atoms with Crippen molar-refractivity contribution in [2.75, 3.05) is 19.0 Å². The van der Waals surface area contributed by atoms with Crippen LogP contribution in [0.2, 0.25) is 5.02 Å². The molecule has 0 spiro atoms. The number of halogens is 1. The van der Waals surface area contributed by atoms with Crippen LogP contribution in [0.4, 0.5) is 5.00 Å². The molecular weight excluding hydrogens is 388 g/mol. The van der Waals surface area contributed by atoms with Crippen LogP contribution < -0.4 is 10.6 Å². The van der Waals surface area contributed by atoms with E-state index in [4.69, 9.17) is 16.3 Å². The summed E-state index contributed by atoms with van der Waals surface area (Å²) in [5.41, 5.74) is 1.57. The van der Waals surface area contributed by atoms with Crippen molar-refractivity contribution in [3.8, 4) is 0 Å². The lowest BCUT2D eigenvalue weighted by Crippen LogP contribution is -2.18. The van der Waals surface area contributed by atoms with Crippen LogP contribution in [0.5, 0.6) is 0 Å². The molecule has 1 aromatic carbocycles. The van der Waals surface area contributed by atoms with Crippen molar-refractivity contribution in [2.45, 2.75) is 26.7 Å². The summed E-state index contributed by atoms with van der Waals surface area (Å²) in [5, 5.41) is 6.18. The third-order valence-corrected chi connectivity index (χ3v) is 5.47. The van der Waals surface area contributed by atoms with Gasteiger partial charge in [-0.2, -0.15) is 0 Å². The lowest BCUT2D eigenvalue weighted by atomic mass is 10.1. The highest BCUT2D eigenvalue weighted by atomic mass is 35.5. The molecule has 0 saturated carbocycles. The van der Waals surface area contributed by atoms with E-state index in [9.17, 15) is 14.4 Å². The molecule has 0 aliphatic carbocycles. The third kappa shape index (κ3) is 5.08. The maximum atomic E-state index is 12.4. The number of thiophene rings is 1. The molecule has 2 amide bonds. The largest absolute Gasteiger partial charge is 0.462 e. The van der Waals surface area contributed by atoms with Crippen molar-refractivity contribution in [3.63, 3.8) is 0 Å². The zero-order valence-electron chi connectivity index (χ0n) is 15.3. The highest BCUT2D eigenvalue weighted by Crippen LogP contribution is 2.34. The lowest BCUT2D eigenvalue weighted by Gasteiger charge is -2.08. The Balaban J connectivity index is 2.20. The van der Waals surface area contributed by atoms with E-state index in [1.165, 1.54) is 7.05 Å². The predicted molar refractivity (Wildman–Crippen MR) is 107 cm³/mol. The van der Waals surface area contributed by atoms with Crippen LogP contribution in [0.25, 0.3) is 0 Å². The summed E-state index contributed by atoms with van der Waals surface area (Å²) < 4.78 is 5.07. The summed E-state index contributed by atoms with van der Waals surface area (Å²) in [6, 6.07) is 7.31. The molecule has 2 N–H and O–H groups in total. The summed E-state index contributed by atoms with van der Waals surface area (Å²) in [6.07, 6.45) is 0.658. The van der Waals surface area contributed by atoms with Gasteiger partial charge in [0.05, 0.1) is 17.0 Å². The number of rotatable bonds is 7. The number of carbonyl (C=O) groups is 3. The minimum atomic E-state index is -0.567. The molecule has 6 nitrogen and oxygen atoms in total. The maximum absolute atomic E-state index is 12.4. The smallest absolute Gasteiger partial charge is 0.341 e. The van der Waals surface area contributed by atoms with Gasteiger partial charge in [-0.3, -0.25) is 9.59 Å². The van der Waals surface area contributed by atoms with Crippen molar-refractivity contribution >= 4 is 45.7 Å². The van der Waals surface area contributed by atoms with Gasteiger partial charge in [0.2, 0.25) is 5.91 Å². The van der Waals surface area contributed by atoms with Crippen molar-refractivity contribution in [2.24, 2.45) is 0 Å². The second-order valence-electron chi connectivity index (χ2n) is 5.70. The van der Waals surface area contributed by atoms with Gasteiger partial charge in [0.15, 0.2) is 0 Å². The Morgan fingerprint density at radius 1 is 1.22 bits per heavy atom. The molecule has 0 bridgehead atoms. The van der Waals surface area contributed by atoms with Crippen molar-refractivity contribution in [1.29, 1.82) is 0 Å². The molecule has 0 fully saturated rings. The molecule has 0 unspecified atom stereocenters. The van der Waals surface area contributed by atoms with Gasteiger partial charge in [-0.05, 0) is 37.5 Å². The molecule has 0 saturated heterocycles. The molecular formula is C19H21ClN2O4S. The normalized spacial score (nSPS) is 10.4. The van der Waals surface area contributed by atoms with E-state index in [1.807, 2.05) is 18.2 Å². The highest BCUT2D eigenvalue weighted by Gasteiger charge is 2.26. The Labute approximate surface area is 166 Å². The number of hydrogen-bond acceptors (Lipinski definition) is 5. The van der Waals surface area contributed by atoms with Gasteiger partial charge in [0.25, 0.3) is 5.91 Å². The van der Waals surface area contributed by atoms with Gasteiger partial charge in [-0.1, -0.05) is 29.8 Å². The van der Waals surface area contributed by atoms with E-state index in [0.29, 0.717) is 26.9 Å². The zero-order valence-corrected chi connectivity index (χ0v) is 16.9. The number of amides is 2. The van der Waals surface area contributed by atoms with E-state index in [0.717, 1.165) is 16.9 Å². The van der Waals surface area contributed by atoms with E-state index in [2.05, 4.69) is 10.6 Å². The number of anilines is 1. The maximum Gasteiger partial charge on any atom is 0.341 e. The molecule has 0 aliphatic rings. The monoisotopic (exact) mass is 408 g/mol. The highest BCUT2D eigenvalue weighted by molar-refractivity contribution is 7.18. The number of hydrogen-bond donors (Lipinski definition) is 2. The fraction of sp³-hybridized carbons (Fsp3) is 0.316. The second-order valence-corrected chi connectivity index (χ2v) is 7.13. The predicted octanol–water partition coefficient (Wildman–Crippen LogP) is 3.82. The van der Waals surface area contributed by atoms with Gasteiger partial charge >= 0.3 is 5.97 Å². The zero-order chi connectivity index (χ0) is 20.0. The Morgan fingerprint density at radius 3 is 2.56 bits per heavy atom. The molecule has 144 valence electrons. The molecule has 1 heterocycles. The molecule has 1 aromatic heterocycles. The van der Waals surface area contributed by atoms with E-state index >= 15 is 0 Å². The Morgan fingerprint density at radius 2 is 1.93 bits per heavy atom. The topological polar surface area (TPSA) is 84.5 Å². The number of nitrogens with one attached hydrogen (secondary N) is 2. The van der Waals surface area contributed by atoms with Crippen molar-refractivity contribution in [3.05, 3.63) is 50.9 Å². The van der Waals surface area contributed by atoms with Crippen molar-refractivity contribution < 1.29 is 19.1 Å². The van der Waals surface area contributed by atoms with Crippen LogP contribution in [0, 0.1) is 6.92 Å². The number of esters is 1. The molecule has 27 heavy (non-hydrogen) atoms. The Hall–Kier alpha value is -2.38. The first-order valence-electron chi connectivity index (χ1n) is 8.44. The lowest BCUT2D eigenvalue weighted by molar-refractivity contribution is -0.116. The van der Waals surface area contributed by atoms with Crippen LogP contribution in [-0.4, -0.2) is 31.4 Å². The van der Waals surface area contributed by atoms with Gasteiger partial charge in [-0.15, -0.1) is 11.3 Å². The third-order valence-electron chi connectivity index (χ3n) is 3.89. The standard InChI is InChI=1S/C19H21ClN2O4S/c1-4-26-19(25)15-11(2)16(17(24)21-3)27-18(15)22-14(23)10-9-12-7-5-6-8-13(12)20/h5-8H,4,9-10H2,1-3H3,(H,21,24)(H,22,23). The second kappa shape index (κ2) is 9.53. The number of carbonyl (C=O) groups excluding carboxylic acids is 3. The SMILES string of the molecule is CCOC(=O)c1c(NC(=O)CCc2ccccc2Cl)sc(C(=O)NC)c1C. The van der Waals surface area contributed by atoms with Crippen molar-refractivity contribution in [1.82, 2.24) is 5.32 Å². The first-order valence-corrected chi connectivity index (χ1v) is 9.64. The summed E-state index contributed by atoms with van der Waals surface area (Å²) in [4.78, 5) is 37.1. The molecule has 2 rings (SSSR count). The molecule has 0 atom stereocenters. The van der Waals surface area contributed by atoms with E-state index in [-0.39, 0.29) is 30.4 Å². The summed E-state index contributed by atoms with van der Waals surface area (Å²) in [5.74, 6) is -1.16. The Kier molecular flexibility index (Phi) is 7.38. The first-order chi connectivity index (χ1) is 12.9. The van der Waals surface area contributed by atoms with Gasteiger partial charge in [0.1, 0.15) is 5.00 Å².